The lowest BCUT2D eigenvalue weighted by molar-refractivity contribution is 0.419. The van der Waals surface area contributed by atoms with Gasteiger partial charge in [-0.1, -0.05) is 6.92 Å². The Hall–Kier alpha value is 0.550. The predicted octanol–water partition coefficient (Wildman–Crippen LogP) is 2.45. The Balaban J connectivity index is 2.39. The van der Waals surface area contributed by atoms with Crippen LogP contribution in [0.1, 0.15) is 32.6 Å². The van der Waals surface area contributed by atoms with Crippen LogP contribution in [0, 0.1) is 5.92 Å². The van der Waals surface area contributed by atoms with Crippen LogP contribution in [0.25, 0.3) is 0 Å². The minimum Gasteiger partial charge on any atom is -0.212 e. The standard InChI is InChI=1S/C11H22ClNO2S2/c1-9(7-12)8-17(14,15)13-10-3-5-11(16-2)6-4-10/h9-11,13H,3-8H2,1-2H3. The summed E-state index contributed by atoms with van der Waals surface area (Å²) >= 11 is 7.53. The van der Waals surface area contributed by atoms with Gasteiger partial charge in [-0.15, -0.1) is 11.6 Å². The molecule has 0 radical (unpaired) electrons. The molecule has 0 aromatic carbocycles. The van der Waals surface area contributed by atoms with Gasteiger partial charge >= 0.3 is 0 Å². The number of hydrogen-bond acceptors (Lipinski definition) is 3. The zero-order valence-electron chi connectivity index (χ0n) is 10.5. The van der Waals surface area contributed by atoms with E-state index in [9.17, 15) is 8.42 Å². The second-order valence-electron chi connectivity index (χ2n) is 4.87. The molecule has 0 aromatic rings. The molecule has 1 N–H and O–H groups in total. The second kappa shape index (κ2) is 7.22. The van der Waals surface area contributed by atoms with Gasteiger partial charge in [0.1, 0.15) is 0 Å². The van der Waals surface area contributed by atoms with Gasteiger partial charge in [0.25, 0.3) is 0 Å². The van der Waals surface area contributed by atoms with Crippen molar-refractivity contribution in [3.8, 4) is 0 Å². The maximum Gasteiger partial charge on any atom is 0.212 e. The lowest BCUT2D eigenvalue weighted by atomic mass is 9.96. The molecule has 1 rings (SSSR count). The molecule has 3 nitrogen and oxygen atoms in total. The van der Waals surface area contributed by atoms with E-state index in [1.54, 1.807) is 0 Å². The summed E-state index contributed by atoms with van der Waals surface area (Å²) in [7, 11) is -3.16. The number of halogens is 1. The van der Waals surface area contributed by atoms with E-state index in [1.165, 1.54) is 0 Å². The summed E-state index contributed by atoms with van der Waals surface area (Å²) in [4.78, 5) is 0. The van der Waals surface area contributed by atoms with Gasteiger partial charge in [0.15, 0.2) is 0 Å². The Morgan fingerprint density at radius 3 is 2.41 bits per heavy atom. The minimum atomic E-state index is -3.16. The van der Waals surface area contributed by atoms with Gasteiger partial charge in [0, 0.05) is 17.2 Å². The molecule has 1 atom stereocenters. The first-order valence-corrected chi connectivity index (χ1v) is 9.53. The first kappa shape index (κ1) is 15.6. The molecule has 1 aliphatic carbocycles. The number of alkyl halides is 1. The van der Waals surface area contributed by atoms with Gasteiger partial charge in [0.2, 0.25) is 10.0 Å². The summed E-state index contributed by atoms with van der Waals surface area (Å²) in [5.41, 5.74) is 0. The Kier molecular flexibility index (Phi) is 6.62. The first-order chi connectivity index (χ1) is 7.96. The summed E-state index contributed by atoms with van der Waals surface area (Å²) in [5.74, 6) is 0.538. The van der Waals surface area contributed by atoms with Crippen molar-refractivity contribution >= 4 is 33.4 Å². The lowest BCUT2D eigenvalue weighted by Crippen LogP contribution is -2.40. The highest BCUT2D eigenvalue weighted by molar-refractivity contribution is 7.99. The van der Waals surface area contributed by atoms with E-state index in [0.717, 1.165) is 25.7 Å². The molecule has 0 aromatic heterocycles. The first-order valence-electron chi connectivity index (χ1n) is 6.05. The lowest BCUT2D eigenvalue weighted by Gasteiger charge is -2.28. The molecule has 17 heavy (non-hydrogen) atoms. The normalized spacial score (nSPS) is 27.9. The van der Waals surface area contributed by atoms with Crippen LogP contribution in [-0.2, 0) is 10.0 Å². The largest absolute Gasteiger partial charge is 0.212 e. The number of nitrogens with one attached hydrogen (secondary N) is 1. The molecule has 0 spiro atoms. The van der Waals surface area contributed by atoms with Gasteiger partial charge in [-0.2, -0.15) is 11.8 Å². The number of sulfonamides is 1. The fourth-order valence-corrected chi connectivity index (χ4v) is 4.83. The molecule has 1 aliphatic rings. The van der Waals surface area contributed by atoms with Crippen LogP contribution in [0.3, 0.4) is 0 Å². The average Bonchev–Trinajstić information content (AvgIpc) is 2.28. The monoisotopic (exact) mass is 299 g/mol. The topological polar surface area (TPSA) is 46.2 Å². The Labute approximate surface area is 114 Å². The number of thioether (sulfide) groups is 1. The van der Waals surface area contributed by atoms with Crippen LogP contribution in [0.2, 0.25) is 0 Å². The molecule has 0 amide bonds. The van der Waals surface area contributed by atoms with Gasteiger partial charge in [-0.05, 0) is 37.9 Å². The third-order valence-electron chi connectivity index (χ3n) is 3.12. The fourth-order valence-electron chi connectivity index (χ4n) is 2.14. The molecule has 102 valence electrons. The summed E-state index contributed by atoms with van der Waals surface area (Å²) < 4.78 is 26.5. The van der Waals surface area contributed by atoms with Gasteiger partial charge in [0.05, 0.1) is 5.75 Å². The molecule has 1 fully saturated rings. The van der Waals surface area contributed by atoms with Gasteiger partial charge in [-0.3, -0.25) is 0 Å². The van der Waals surface area contributed by atoms with Crippen LogP contribution in [0.4, 0.5) is 0 Å². The zero-order valence-corrected chi connectivity index (χ0v) is 12.9. The third-order valence-corrected chi connectivity index (χ3v) is 6.49. The van der Waals surface area contributed by atoms with E-state index >= 15 is 0 Å². The van der Waals surface area contributed by atoms with Crippen molar-refractivity contribution in [3.05, 3.63) is 0 Å². The maximum atomic E-state index is 11.8. The second-order valence-corrected chi connectivity index (χ2v) is 8.11. The molecular weight excluding hydrogens is 278 g/mol. The van der Waals surface area contributed by atoms with Crippen molar-refractivity contribution in [2.75, 3.05) is 17.9 Å². The third kappa shape index (κ3) is 5.81. The maximum absolute atomic E-state index is 11.8. The van der Waals surface area contributed by atoms with Crippen molar-refractivity contribution < 1.29 is 8.42 Å². The molecule has 0 bridgehead atoms. The van der Waals surface area contributed by atoms with E-state index in [-0.39, 0.29) is 17.7 Å². The van der Waals surface area contributed by atoms with Crippen LogP contribution >= 0.6 is 23.4 Å². The van der Waals surface area contributed by atoms with E-state index in [0.29, 0.717) is 11.1 Å². The Morgan fingerprint density at radius 1 is 1.35 bits per heavy atom. The van der Waals surface area contributed by atoms with Crippen LogP contribution in [0.15, 0.2) is 0 Å². The molecule has 0 heterocycles. The van der Waals surface area contributed by atoms with E-state index in [1.807, 2.05) is 18.7 Å². The number of hydrogen-bond donors (Lipinski definition) is 1. The number of rotatable bonds is 6. The highest BCUT2D eigenvalue weighted by atomic mass is 35.5. The van der Waals surface area contributed by atoms with Crippen LogP contribution in [0.5, 0.6) is 0 Å². The van der Waals surface area contributed by atoms with E-state index in [4.69, 9.17) is 11.6 Å². The molecule has 0 aliphatic heterocycles. The molecule has 1 saturated carbocycles. The van der Waals surface area contributed by atoms with E-state index < -0.39 is 10.0 Å². The van der Waals surface area contributed by atoms with Crippen molar-refractivity contribution in [1.29, 1.82) is 0 Å². The molecule has 0 saturated heterocycles. The molecule has 6 heteroatoms. The highest BCUT2D eigenvalue weighted by Crippen LogP contribution is 2.27. The fraction of sp³-hybridized carbons (Fsp3) is 1.00. The zero-order chi connectivity index (χ0) is 12.9. The van der Waals surface area contributed by atoms with Crippen molar-refractivity contribution in [3.63, 3.8) is 0 Å². The Bertz CT molecular complexity index is 313. The van der Waals surface area contributed by atoms with Crippen molar-refractivity contribution in [2.24, 2.45) is 5.92 Å². The van der Waals surface area contributed by atoms with Crippen molar-refractivity contribution in [2.45, 2.75) is 43.9 Å². The van der Waals surface area contributed by atoms with Gasteiger partial charge in [-0.25, -0.2) is 13.1 Å². The predicted molar refractivity (Wildman–Crippen MR) is 76.4 cm³/mol. The van der Waals surface area contributed by atoms with Crippen LogP contribution < -0.4 is 4.72 Å². The van der Waals surface area contributed by atoms with Crippen LogP contribution in [-0.4, -0.2) is 37.6 Å². The molecular formula is C11H22ClNO2S2. The van der Waals surface area contributed by atoms with E-state index in [2.05, 4.69) is 11.0 Å². The summed E-state index contributed by atoms with van der Waals surface area (Å²) in [6.07, 6.45) is 6.26. The average molecular weight is 300 g/mol. The summed E-state index contributed by atoms with van der Waals surface area (Å²) in [6.45, 7) is 1.86. The summed E-state index contributed by atoms with van der Waals surface area (Å²) in [6, 6.07) is 0.130. The van der Waals surface area contributed by atoms with Crippen molar-refractivity contribution in [1.82, 2.24) is 4.72 Å². The minimum absolute atomic E-state index is 0.0108. The smallest absolute Gasteiger partial charge is 0.212 e. The SMILES string of the molecule is CSC1CCC(NS(=O)(=O)CC(C)CCl)CC1. The molecule has 1 unspecified atom stereocenters. The Morgan fingerprint density at radius 2 is 1.94 bits per heavy atom. The summed E-state index contributed by atoms with van der Waals surface area (Å²) in [5, 5.41) is 0.706. The quantitative estimate of drug-likeness (QED) is 0.766. The highest BCUT2D eigenvalue weighted by Gasteiger charge is 2.25. The van der Waals surface area contributed by atoms with Gasteiger partial charge < -0.3 is 0 Å².